The van der Waals surface area contributed by atoms with Gasteiger partial charge in [0.15, 0.2) is 5.82 Å². The monoisotopic (exact) mass is 448 g/mol. The summed E-state index contributed by atoms with van der Waals surface area (Å²) in [6.45, 7) is 9.84. The van der Waals surface area contributed by atoms with Gasteiger partial charge in [-0.3, -0.25) is 10.1 Å². The van der Waals surface area contributed by atoms with Crippen LogP contribution in [0.25, 0.3) is 44.6 Å². The first-order chi connectivity index (χ1) is 16.7. The molecule has 170 valence electrons. The lowest BCUT2D eigenvalue weighted by molar-refractivity contribution is 0.785. The summed E-state index contributed by atoms with van der Waals surface area (Å²) in [7, 11) is 0. The molecule has 0 fully saturated rings. The number of pyridine rings is 1. The van der Waals surface area contributed by atoms with Crippen LogP contribution in [0, 0.1) is 0 Å². The van der Waals surface area contributed by atoms with Crippen LogP contribution in [0.1, 0.15) is 31.4 Å². The van der Waals surface area contributed by atoms with Gasteiger partial charge in [0.1, 0.15) is 5.69 Å². The Morgan fingerprint density at radius 1 is 1.24 bits per heavy atom. The molecule has 0 saturated carbocycles. The molecule has 34 heavy (non-hydrogen) atoms. The summed E-state index contributed by atoms with van der Waals surface area (Å²) in [5.74, 6) is 0.728. The van der Waals surface area contributed by atoms with Crippen molar-refractivity contribution in [2.75, 3.05) is 13.1 Å². The number of allylic oxidation sites excluding steroid dienone is 7. The second kappa shape index (κ2) is 9.45. The van der Waals surface area contributed by atoms with Gasteiger partial charge < -0.3 is 10.3 Å². The van der Waals surface area contributed by atoms with Crippen molar-refractivity contribution in [1.82, 2.24) is 30.5 Å². The van der Waals surface area contributed by atoms with Crippen molar-refractivity contribution in [3.63, 3.8) is 0 Å². The number of H-pyrrole nitrogens is 2. The van der Waals surface area contributed by atoms with Gasteiger partial charge in [0.25, 0.3) is 0 Å². The zero-order chi connectivity index (χ0) is 23.5. The Bertz CT molecular complexity index is 1490. The van der Waals surface area contributed by atoms with Crippen molar-refractivity contribution in [3.05, 3.63) is 90.3 Å². The molecule has 3 N–H and O–H groups in total. The predicted octanol–water partition coefficient (Wildman–Crippen LogP) is 5.97. The molecule has 5 rings (SSSR count). The molecule has 0 aliphatic heterocycles. The largest absolute Gasteiger partial charge is 0.335 e. The number of likely N-dealkylation sites (N-methyl/N-ethyl adjacent to an activating group) is 1. The first kappa shape index (κ1) is 21.8. The normalized spacial score (nSPS) is 14.4. The zero-order valence-corrected chi connectivity index (χ0v) is 19.5. The van der Waals surface area contributed by atoms with Crippen LogP contribution >= 0.6 is 0 Å². The van der Waals surface area contributed by atoms with E-state index in [4.69, 9.17) is 4.98 Å². The highest BCUT2D eigenvalue weighted by molar-refractivity contribution is 5.98. The van der Waals surface area contributed by atoms with Crippen molar-refractivity contribution in [2.24, 2.45) is 0 Å². The van der Waals surface area contributed by atoms with Gasteiger partial charge in [-0.25, -0.2) is 4.98 Å². The van der Waals surface area contributed by atoms with E-state index in [-0.39, 0.29) is 0 Å². The third kappa shape index (κ3) is 4.04. The number of hydrogen-bond donors (Lipinski definition) is 3. The van der Waals surface area contributed by atoms with E-state index in [1.54, 1.807) is 0 Å². The van der Waals surface area contributed by atoms with E-state index in [1.807, 2.05) is 18.5 Å². The van der Waals surface area contributed by atoms with Crippen molar-refractivity contribution in [3.8, 4) is 11.5 Å². The fourth-order valence-electron chi connectivity index (χ4n) is 4.27. The summed E-state index contributed by atoms with van der Waals surface area (Å²) < 4.78 is 0. The molecule has 0 bridgehead atoms. The maximum absolute atomic E-state index is 4.94. The summed E-state index contributed by atoms with van der Waals surface area (Å²) in [5, 5.41) is 12.1. The van der Waals surface area contributed by atoms with Crippen LogP contribution in [0.2, 0.25) is 0 Å². The molecule has 0 atom stereocenters. The van der Waals surface area contributed by atoms with Crippen LogP contribution in [-0.4, -0.2) is 38.2 Å². The molecule has 0 saturated heterocycles. The van der Waals surface area contributed by atoms with E-state index in [9.17, 15) is 0 Å². The molecule has 3 heterocycles. The van der Waals surface area contributed by atoms with Crippen LogP contribution < -0.4 is 5.32 Å². The number of aromatic nitrogens is 5. The molecular weight excluding hydrogens is 420 g/mol. The minimum Gasteiger partial charge on any atom is -0.335 e. The highest BCUT2D eigenvalue weighted by atomic mass is 15.1. The minimum atomic E-state index is 0.728. The van der Waals surface area contributed by atoms with Crippen LogP contribution in [0.15, 0.2) is 79.2 Å². The lowest BCUT2D eigenvalue weighted by atomic mass is 10.00. The number of hydrogen-bond acceptors (Lipinski definition) is 4. The van der Waals surface area contributed by atoms with Gasteiger partial charge in [-0.15, -0.1) is 0 Å². The maximum atomic E-state index is 4.94. The molecule has 6 nitrogen and oxygen atoms in total. The fourth-order valence-corrected chi connectivity index (χ4v) is 4.27. The van der Waals surface area contributed by atoms with Gasteiger partial charge in [0.2, 0.25) is 0 Å². The third-order valence-corrected chi connectivity index (χ3v) is 6.09. The summed E-state index contributed by atoms with van der Waals surface area (Å²) in [6.07, 6.45) is 17.3. The molecule has 0 unspecified atom stereocenters. The standard InChI is InChI=1S/C28H28N6/c1-4-18(15-29-6-3)13-19(5-2)21-11-12-24-22(14-21)27(34-33-24)28-31-25-17-30-16-23(26(25)32-28)20-9-7-8-10-20/h4-5,7,9-14,16-17,29H,1,6,8,15H2,2-3H3,(H,31,32)(H,33,34)/b18-13+,19-5+. The van der Waals surface area contributed by atoms with E-state index in [0.29, 0.717) is 0 Å². The van der Waals surface area contributed by atoms with E-state index < -0.39 is 0 Å². The molecular formula is C28H28N6. The molecule has 0 radical (unpaired) electrons. The number of imidazole rings is 1. The van der Waals surface area contributed by atoms with Gasteiger partial charge in [0.05, 0.1) is 22.7 Å². The van der Waals surface area contributed by atoms with E-state index >= 15 is 0 Å². The summed E-state index contributed by atoms with van der Waals surface area (Å²) in [5.41, 5.74) is 9.17. The Morgan fingerprint density at radius 3 is 2.91 bits per heavy atom. The third-order valence-electron chi connectivity index (χ3n) is 6.09. The molecule has 1 aliphatic rings. The van der Waals surface area contributed by atoms with Crippen molar-refractivity contribution < 1.29 is 0 Å². The molecule has 1 aromatic carbocycles. The topological polar surface area (TPSA) is 82.3 Å². The Hall–Kier alpha value is -4.03. The second-order valence-electron chi connectivity index (χ2n) is 8.25. The van der Waals surface area contributed by atoms with Gasteiger partial charge in [-0.2, -0.15) is 5.10 Å². The number of rotatable bonds is 8. The second-order valence-corrected chi connectivity index (χ2v) is 8.25. The quantitative estimate of drug-likeness (QED) is 0.290. The van der Waals surface area contributed by atoms with Gasteiger partial charge in [0, 0.05) is 23.7 Å². The average Bonchev–Trinajstić information content (AvgIpc) is 3.63. The lowest BCUT2D eigenvalue weighted by Gasteiger charge is -2.07. The van der Waals surface area contributed by atoms with Crippen LogP contribution in [0.5, 0.6) is 0 Å². The lowest BCUT2D eigenvalue weighted by Crippen LogP contribution is -2.15. The van der Waals surface area contributed by atoms with Crippen molar-refractivity contribution >= 4 is 33.1 Å². The van der Waals surface area contributed by atoms with E-state index in [0.717, 1.165) is 80.8 Å². The summed E-state index contributed by atoms with van der Waals surface area (Å²) >= 11 is 0. The van der Waals surface area contributed by atoms with Crippen LogP contribution in [0.3, 0.4) is 0 Å². The van der Waals surface area contributed by atoms with Crippen molar-refractivity contribution in [1.29, 1.82) is 0 Å². The van der Waals surface area contributed by atoms with Gasteiger partial charge in [-0.1, -0.05) is 56.0 Å². The molecule has 4 aromatic rings. The van der Waals surface area contributed by atoms with Gasteiger partial charge in [-0.05, 0) is 54.3 Å². The summed E-state index contributed by atoms with van der Waals surface area (Å²) in [4.78, 5) is 12.8. The molecule has 0 spiro atoms. The van der Waals surface area contributed by atoms with Gasteiger partial charge >= 0.3 is 0 Å². The fraction of sp³-hybridized carbons (Fsp3) is 0.179. The van der Waals surface area contributed by atoms with E-state index in [2.05, 4.69) is 94.5 Å². The van der Waals surface area contributed by atoms with Crippen LogP contribution in [0.4, 0.5) is 0 Å². The maximum Gasteiger partial charge on any atom is 0.159 e. The highest BCUT2D eigenvalue weighted by Crippen LogP contribution is 2.32. The number of aromatic amines is 2. The zero-order valence-electron chi connectivity index (χ0n) is 19.5. The Morgan fingerprint density at radius 2 is 2.15 bits per heavy atom. The molecule has 0 amide bonds. The van der Waals surface area contributed by atoms with Crippen molar-refractivity contribution in [2.45, 2.75) is 20.3 Å². The minimum absolute atomic E-state index is 0.728. The molecule has 3 aromatic heterocycles. The first-order valence-corrected chi connectivity index (χ1v) is 11.6. The summed E-state index contributed by atoms with van der Waals surface area (Å²) in [6, 6.07) is 6.35. The number of nitrogens with one attached hydrogen (secondary N) is 3. The predicted molar refractivity (Wildman–Crippen MR) is 141 cm³/mol. The Kier molecular flexibility index (Phi) is 6.06. The highest BCUT2D eigenvalue weighted by Gasteiger charge is 2.17. The molecule has 6 heteroatoms. The average molecular weight is 449 g/mol. The molecule has 1 aliphatic carbocycles. The van der Waals surface area contributed by atoms with Crippen LogP contribution in [-0.2, 0) is 0 Å². The first-order valence-electron chi connectivity index (χ1n) is 11.6. The number of fused-ring (bicyclic) bond motifs is 2. The number of benzene rings is 1. The van der Waals surface area contributed by atoms with E-state index in [1.165, 1.54) is 0 Å². The Balaban J connectivity index is 1.57. The Labute approximate surface area is 198 Å². The smallest absolute Gasteiger partial charge is 0.159 e. The number of nitrogens with zero attached hydrogens (tertiary/aromatic N) is 3. The SMILES string of the molecule is C=C/C(=C\C(=C/C)c1ccc2[nH]nc(-c3nc4c(C5=CCC=C5)cncc4[nH]3)c2c1)CNCC.